The van der Waals surface area contributed by atoms with Crippen LogP contribution in [0.2, 0.25) is 0 Å². The third-order valence-corrected chi connectivity index (χ3v) is 4.19. The van der Waals surface area contributed by atoms with E-state index < -0.39 is 11.6 Å². The number of aromatic nitrogens is 1. The molecule has 0 spiro atoms. The van der Waals surface area contributed by atoms with Crippen LogP contribution in [0.3, 0.4) is 0 Å². The summed E-state index contributed by atoms with van der Waals surface area (Å²) in [5, 5.41) is 5.72. The van der Waals surface area contributed by atoms with Gasteiger partial charge in [-0.2, -0.15) is 0 Å². The summed E-state index contributed by atoms with van der Waals surface area (Å²) in [7, 11) is 0. The van der Waals surface area contributed by atoms with Crippen molar-refractivity contribution in [2.45, 2.75) is 26.2 Å². The van der Waals surface area contributed by atoms with Gasteiger partial charge in [0.25, 0.3) is 5.91 Å². The molecule has 0 fully saturated rings. The second-order valence-electron chi connectivity index (χ2n) is 7.46. The van der Waals surface area contributed by atoms with Gasteiger partial charge in [0.05, 0.1) is 23.1 Å². The lowest BCUT2D eigenvalue weighted by molar-refractivity contribution is 0.102. The van der Waals surface area contributed by atoms with E-state index in [1.807, 2.05) is 24.3 Å². The largest absolute Gasteiger partial charge is 0.352 e. The number of anilines is 3. The van der Waals surface area contributed by atoms with Gasteiger partial charge in [0.1, 0.15) is 11.6 Å². The first kappa shape index (κ1) is 19.5. The van der Waals surface area contributed by atoms with Crippen LogP contribution in [0.5, 0.6) is 0 Å². The lowest BCUT2D eigenvalue weighted by atomic mass is 9.86. The van der Waals surface area contributed by atoms with Crippen LogP contribution in [-0.2, 0) is 5.41 Å². The van der Waals surface area contributed by atoms with Crippen molar-refractivity contribution in [3.8, 4) is 0 Å². The van der Waals surface area contributed by atoms with Gasteiger partial charge in [0.15, 0.2) is 0 Å². The average molecular weight is 381 g/mol. The molecule has 3 rings (SSSR count). The molecule has 6 heteroatoms. The Morgan fingerprint density at radius 1 is 0.964 bits per heavy atom. The predicted octanol–water partition coefficient (Wildman–Crippen LogP) is 5.65. The number of nitrogens with zero attached hydrogens (tertiary/aromatic N) is 1. The molecule has 1 aromatic heterocycles. The number of para-hydroxylation sites is 1. The van der Waals surface area contributed by atoms with E-state index in [2.05, 4.69) is 36.4 Å². The molecule has 3 aromatic rings. The van der Waals surface area contributed by atoms with Gasteiger partial charge in [-0.15, -0.1) is 0 Å². The van der Waals surface area contributed by atoms with Crippen LogP contribution < -0.4 is 10.6 Å². The van der Waals surface area contributed by atoms with Crippen molar-refractivity contribution in [1.82, 2.24) is 4.98 Å². The number of pyridine rings is 1. The molecule has 2 N–H and O–H groups in total. The van der Waals surface area contributed by atoms with E-state index in [0.717, 1.165) is 23.4 Å². The first-order valence-corrected chi connectivity index (χ1v) is 8.82. The Bertz CT molecular complexity index is 1010. The van der Waals surface area contributed by atoms with E-state index in [1.54, 1.807) is 6.07 Å². The molecule has 0 aliphatic carbocycles. The highest BCUT2D eigenvalue weighted by molar-refractivity contribution is 6.05. The van der Waals surface area contributed by atoms with E-state index in [9.17, 15) is 13.6 Å². The quantitative estimate of drug-likeness (QED) is 0.614. The van der Waals surface area contributed by atoms with Crippen LogP contribution in [0.4, 0.5) is 25.8 Å². The molecule has 0 radical (unpaired) electrons. The van der Waals surface area contributed by atoms with E-state index in [1.165, 1.54) is 18.5 Å². The van der Waals surface area contributed by atoms with Gasteiger partial charge in [-0.3, -0.25) is 9.78 Å². The Morgan fingerprint density at radius 2 is 1.71 bits per heavy atom. The lowest BCUT2D eigenvalue weighted by Gasteiger charge is -2.23. The van der Waals surface area contributed by atoms with Gasteiger partial charge in [0, 0.05) is 18.0 Å². The second kappa shape index (κ2) is 7.76. The van der Waals surface area contributed by atoms with Crippen LogP contribution in [-0.4, -0.2) is 10.9 Å². The summed E-state index contributed by atoms with van der Waals surface area (Å²) in [6.07, 6.45) is 2.89. The fourth-order valence-corrected chi connectivity index (χ4v) is 2.82. The number of hydrogen-bond acceptors (Lipinski definition) is 3. The molecular weight excluding hydrogens is 360 g/mol. The first-order chi connectivity index (χ1) is 13.2. The summed E-state index contributed by atoms with van der Waals surface area (Å²) in [4.78, 5) is 16.7. The van der Waals surface area contributed by atoms with Crippen molar-refractivity contribution in [1.29, 1.82) is 0 Å². The van der Waals surface area contributed by atoms with Crippen molar-refractivity contribution in [3.63, 3.8) is 0 Å². The highest BCUT2D eigenvalue weighted by Gasteiger charge is 2.19. The topological polar surface area (TPSA) is 54.0 Å². The summed E-state index contributed by atoms with van der Waals surface area (Å²) in [6.45, 7) is 6.21. The van der Waals surface area contributed by atoms with Crippen molar-refractivity contribution < 1.29 is 13.6 Å². The second-order valence-corrected chi connectivity index (χ2v) is 7.46. The van der Waals surface area contributed by atoms with Gasteiger partial charge in [-0.05, 0) is 35.2 Å². The monoisotopic (exact) mass is 381 g/mol. The number of halogens is 2. The number of benzene rings is 2. The summed E-state index contributed by atoms with van der Waals surface area (Å²) in [5.41, 5.74) is 2.44. The Hall–Kier alpha value is -3.28. The van der Waals surface area contributed by atoms with Crippen LogP contribution in [0.15, 0.2) is 60.9 Å². The molecule has 1 amide bonds. The van der Waals surface area contributed by atoms with Crippen LogP contribution in [0, 0.1) is 11.6 Å². The Labute approximate surface area is 162 Å². The molecule has 0 saturated carbocycles. The zero-order valence-corrected chi connectivity index (χ0v) is 15.9. The van der Waals surface area contributed by atoms with Crippen molar-refractivity contribution in [2.24, 2.45) is 0 Å². The van der Waals surface area contributed by atoms with Crippen LogP contribution >= 0.6 is 0 Å². The van der Waals surface area contributed by atoms with Gasteiger partial charge in [-0.25, -0.2) is 8.78 Å². The average Bonchev–Trinajstić information content (AvgIpc) is 2.64. The summed E-state index contributed by atoms with van der Waals surface area (Å²) in [6, 6.07) is 12.4. The number of hydrogen-bond donors (Lipinski definition) is 2. The fraction of sp³-hybridized carbons (Fsp3) is 0.182. The van der Waals surface area contributed by atoms with Gasteiger partial charge in [-0.1, -0.05) is 39.0 Å². The Kier molecular flexibility index (Phi) is 5.40. The zero-order valence-electron chi connectivity index (χ0n) is 15.9. The summed E-state index contributed by atoms with van der Waals surface area (Å²) >= 11 is 0. The van der Waals surface area contributed by atoms with Crippen LogP contribution in [0.25, 0.3) is 0 Å². The molecule has 1 heterocycles. The van der Waals surface area contributed by atoms with Gasteiger partial charge >= 0.3 is 0 Å². The molecule has 0 atom stereocenters. The molecule has 4 nitrogen and oxygen atoms in total. The van der Waals surface area contributed by atoms with Crippen molar-refractivity contribution in [3.05, 3.63) is 83.7 Å². The Morgan fingerprint density at radius 3 is 2.43 bits per heavy atom. The molecule has 0 bridgehead atoms. The third-order valence-electron chi connectivity index (χ3n) is 4.19. The van der Waals surface area contributed by atoms with Gasteiger partial charge < -0.3 is 10.6 Å². The molecule has 0 aliphatic rings. The number of rotatable bonds is 4. The minimum absolute atomic E-state index is 0.0961. The van der Waals surface area contributed by atoms with E-state index in [-0.39, 0.29) is 17.0 Å². The minimum atomic E-state index is -0.728. The first-order valence-electron chi connectivity index (χ1n) is 8.82. The molecule has 144 valence electrons. The van der Waals surface area contributed by atoms with Gasteiger partial charge in [0.2, 0.25) is 0 Å². The SMILES string of the molecule is CC(C)(C)c1ccccc1NC(=O)c1cncc(Nc2ccc(F)cc2F)c1. The van der Waals surface area contributed by atoms with E-state index >= 15 is 0 Å². The maximum Gasteiger partial charge on any atom is 0.257 e. The van der Waals surface area contributed by atoms with E-state index in [0.29, 0.717) is 11.3 Å². The number of amides is 1. The highest BCUT2D eigenvalue weighted by Crippen LogP contribution is 2.29. The minimum Gasteiger partial charge on any atom is -0.352 e. The normalized spacial score (nSPS) is 11.2. The number of carbonyl (C=O) groups excluding carboxylic acids is 1. The molecule has 2 aromatic carbocycles. The molecule has 28 heavy (non-hydrogen) atoms. The Balaban J connectivity index is 1.82. The number of carbonyl (C=O) groups is 1. The molecule has 0 unspecified atom stereocenters. The summed E-state index contributed by atoms with van der Waals surface area (Å²) in [5.74, 6) is -1.71. The smallest absolute Gasteiger partial charge is 0.257 e. The lowest BCUT2D eigenvalue weighted by Crippen LogP contribution is -2.18. The molecule has 0 aliphatic heterocycles. The maximum absolute atomic E-state index is 13.8. The zero-order chi connectivity index (χ0) is 20.3. The molecular formula is C22H21F2N3O. The standard InChI is InChI=1S/C22H21F2N3O/c1-22(2,3)17-6-4-5-7-19(17)27-21(28)14-10-16(13-25-12-14)26-20-9-8-15(23)11-18(20)24/h4-13,26H,1-3H3,(H,27,28). The third kappa shape index (κ3) is 4.52. The van der Waals surface area contributed by atoms with Crippen molar-refractivity contribution in [2.75, 3.05) is 10.6 Å². The fourth-order valence-electron chi connectivity index (χ4n) is 2.82. The number of nitrogens with one attached hydrogen (secondary N) is 2. The highest BCUT2D eigenvalue weighted by atomic mass is 19.1. The predicted molar refractivity (Wildman–Crippen MR) is 107 cm³/mol. The van der Waals surface area contributed by atoms with E-state index in [4.69, 9.17) is 0 Å². The van der Waals surface area contributed by atoms with Crippen LogP contribution in [0.1, 0.15) is 36.7 Å². The molecule has 0 saturated heterocycles. The maximum atomic E-state index is 13.8. The summed E-state index contributed by atoms with van der Waals surface area (Å²) < 4.78 is 26.9. The van der Waals surface area contributed by atoms with Crippen molar-refractivity contribution >= 4 is 23.0 Å².